The minimum Gasteiger partial charge on any atom is -0.351 e. The van der Waals surface area contributed by atoms with Gasteiger partial charge in [0.1, 0.15) is 0 Å². The maximum absolute atomic E-state index is 12.2. The normalized spacial score (nSPS) is 9.79. The summed E-state index contributed by atoms with van der Waals surface area (Å²) in [4.78, 5) is 16.6. The van der Waals surface area contributed by atoms with Crippen LogP contribution in [0.2, 0.25) is 0 Å². The third-order valence-electron chi connectivity index (χ3n) is 2.80. The van der Waals surface area contributed by atoms with Crippen molar-refractivity contribution in [3.05, 3.63) is 41.6 Å². The molecule has 2 aromatic rings. The van der Waals surface area contributed by atoms with Crippen LogP contribution < -0.4 is 5.32 Å². The van der Waals surface area contributed by atoms with Crippen LogP contribution in [0.5, 0.6) is 0 Å². The number of fused-ring (bicyclic) bond motifs is 1. The molecule has 1 aromatic heterocycles. The molecule has 1 N–H and O–H groups in total. The van der Waals surface area contributed by atoms with Crippen molar-refractivity contribution in [1.82, 2.24) is 10.3 Å². The van der Waals surface area contributed by atoms with Crippen molar-refractivity contribution in [1.29, 1.82) is 0 Å². The number of pyridine rings is 1. The molecule has 0 bridgehead atoms. The molecular formula is C16H16N2O. The van der Waals surface area contributed by atoms with Crippen LogP contribution in [-0.4, -0.2) is 17.4 Å². The van der Waals surface area contributed by atoms with Crippen LogP contribution in [0.3, 0.4) is 0 Å². The van der Waals surface area contributed by atoms with E-state index in [1.54, 1.807) is 6.92 Å². The van der Waals surface area contributed by atoms with E-state index in [9.17, 15) is 4.79 Å². The van der Waals surface area contributed by atoms with Gasteiger partial charge in [-0.05, 0) is 26.0 Å². The van der Waals surface area contributed by atoms with Crippen molar-refractivity contribution in [3.63, 3.8) is 0 Å². The summed E-state index contributed by atoms with van der Waals surface area (Å²) < 4.78 is 0. The Morgan fingerprint density at radius 3 is 2.95 bits per heavy atom. The molecule has 0 unspecified atom stereocenters. The van der Waals surface area contributed by atoms with Gasteiger partial charge in [-0.15, -0.1) is 11.8 Å². The lowest BCUT2D eigenvalue weighted by molar-refractivity contribution is 0.0956. The standard InChI is InChI=1S/C16H16N2O/c1-3-4-7-10-17-16(19)14-11-12(2)18-15-9-6-5-8-13(14)15/h5-6,8-9,11H,7,10H2,1-2H3,(H,17,19). The fourth-order valence-electron chi connectivity index (χ4n) is 1.95. The summed E-state index contributed by atoms with van der Waals surface area (Å²) in [7, 11) is 0. The number of benzene rings is 1. The Hall–Kier alpha value is -2.34. The minimum absolute atomic E-state index is 0.0698. The largest absolute Gasteiger partial charge is 0.351 e. The lowest BCUT2D eigenvalue weighted by atomic mass is 10.1. The fourth-order valence-corrected chi connectivity index (χ4v) is 1.95. The summed E-state index contributed by atoms with van der Waals surface area (Å²) in [5.74, 6) is 5.67. The van der Waals surface area contributed by atoms with Crippen molar-refractivity contribution < 1.29 is 4.79 Å². The summed E-state index contributed by atoms with van der Waals surface area (Å²) in [6.45, 7) is 4.25. The van der Waals surface area contributed by atoms with Crippen LogP contribution in [0.4, 0.5) is 0 Å². The first-order chi connectivity index (χ1) is 9.22. The zero-order valence-corrected chi connectivity index (χ0v) is 11.2. The number of carbonyl (C=O) groups excluding carboxylic acids is 1. The highest BCUT2D eigenvalue weighted by molar-refractivity contribution is 6.06. The fraction of sp³-hybridized carbons (Fsp3) is 0.250. The lowest BCUT2D eigenvalue weighted by Gasteiger charge is -2.08. The molecular weight excluding hydrogens is 236 g/mol. The molecule has 3 nitrogen and oxygen atoms in total. The van der Waals surface area contributed by atoms with Crippen molar-refractivity contribution in [3.8, 4) is 11.8 Å². The Kier molecular flexibility index (Phi) is 4.15. The van der Waals surface area contributed by atoms with E-state index < -0.39 is 0 Å². The van der Waals surface area contributed by atoms with Crippen LogP contribution in [-0.2, 0) is 0 Å². The average molecular weight is 252 g/mol. The molecule has 1 amide bonds. The van der Waals surface area contributed by atoms with Crippen LogP contribution in [0.1, 0.15) is 29.4 Å². The van der Waals surface area contributed by atoms with E-state index >= 15 is 0 Å². The van der Waals surface area contributed by atoms with Crippen LogP contribution >= 0.6 is 0 Å². The monoisotopic (exact) mass is 252 g/mol. The summed E-state index contributed by atoms with van der Waals surface area (Å²) in [5.41, 5.74) is 2.37. The quantitative estimate of drug-likeness (QED) is 0.674. The van der Waals surface area contributed by atoms with E-state index in [2.05, 4.69) is 22.1 Å². The number of rotatable bonds is 3. The molecule has 0 saturated carbocycles. The van der Waals surface area contributed by atoms with Gasteiger partial charge in [0.2, 0.25) is 0 Å². The SMILES string of the molecule is CC#CCCNC(=O)c1cc(C)nc2ccccc12. The second-order valence-electron chi connectivity index (χ2n) is 4.26. The number of para-hydroxylation sites is 1. The number of nitrogens with one attached hydrogen (secondary N) is 1. The zero-order valence-electron chi connectivity index (χ0n) is 11.2. The molecule has 0 radical (unpaired) electrons. The van der Waals surface area contributed by atoms with Gasteiger partial charge in [-0.1, -0.05) is 18.2 Å². The number of aryl methyl sites for hydroxylation is 1. The second kappa shape index (κ2) is 6.01. The zero-order chi connectivity index (χ0) is 13.7. The summed E-state index contributed by atoms with van der Waals surface area (Å²) in [6, 6.07) is 9.50. The molecule has 1 heterocycles. The Morgan fingerprint density at radius 1 is 1.37 bits per heavy atom. The summed E-state index contributed by atoms with van der Waals surface area (Å²) in [6.07, 6.45) is 0.671. The van der Waals surface area contributed by atoms with Gasteiger partial charge in [-0.3, -0.25) is 9.78 Å². The van der Waals surface area contributed by atoms with Gasteiger partial charge in [-0.2, -0.15) is 0 Å². The lowest BCUT2D eigenvalue weighted by Crippen LogP contribution is -2.24. The van der Waals surface area contributed by atoms with E-state index in [-0.39, 0.29) is 5.91 Å². The first kappa shape index (κ1) is 13.1. The molecule has 19 heavy (non-hydrogen) atoms. The van der Waals surface area contributed by atoms with E-state index in [4.69, 9.17) is 0 Å². The number of aromatic nitrogens is 1. The van der Waals surface area contributed by atoms with Gasteiger partial charge in [0.05, 0.1) is 11.1 Å². The number of amides is 1. The molecule has 0 saturated heterocycles. The Labute approximate surface area is 113 Å². The maximum Gasteiger partial charge on any atom is 0.252 e. The summed E-state index contributed by atoms with van der Waals surface area (Å²) in [5, 5.41) is 3.77. The van der Waals surface area contributed by atoms with Gasteiger partial charge in [0, 0.05) is 24.0 Å². The van der Waals surface area contributed by atoms with Gasteiger partial charge in [-0.25, -0.2) is 0 Å². The average Bonchev–Trinajstić information content (AvgIpc) is 2.42. The highest BCUT2D eigenvalue weighted by Gasteiger charge is 2.10. The number of hydrogen-bond acceptors (Lipinski definition) is 2. The highest BCUT2D eigenvalue weighted by atomic mass is 16.1. The van der Waals surface area contributed by atoms with Crippen LogP contribution in [0, 0.1) is 18.8 Å². The van der Waals surface area contributed by atoms with Crippen molar-refractivity contribution in [2.45, 2.75) is 20.3 Å². The van der Waals surface area contributed by atoms with Gasteiger partial charge in [0.15, 0.2) is 0 Å². The van der Waals surface area contributed by atoms with E-state index in [0.29, 0.717) is 18.5 Å². The Bertz CT molecular complexity index is 665. The second-order valence-corrected chi connectivity index (χ2v) is 4.26. The molecule has 0 aliphatic heterocycles. The topological polar surface area (TPSA) is 42.0 Å². The molecule has 2 rings (SSSR count). The van der Waals surface area contributed by atoms with Gasteiger partial charge >= 0.3 is 0 Å². The van der Waals surface area contributed by atoms with Crippen molar-refractivity contribution in [2.24, 2.45) is 0 Å². The molecule has 0 aliphatic carbocycles. The first-order valence-electron chi connectivity index (χ1n) is 6.26. The molecule has 0 fully saturated rings. The molecule has 1 aromatic carbocycles. The number of hydrogen-bond donors (Lipinski definition) is 1. The Balaban J connectivity index is 2.27. The smallest absolute Gasteiger partial charge is 0.252 e. The number of nitrogens with zero attached hydrogens (tertiary/aromatic N) is 1. The number of carbonyl (C=O) groups is 1. The maximum atomic E-state index is 12.2. The molecule has 0 spiro atoms. The van der Waals surface area contributed by atoms with Crippen LogP contribution in [0.25, 0.3) is 10.9 Å². The predicted molar refractivity (Wildman–Crippen MR) is 76.9 cm³/mol. The van der Waals surface area contributed by atoms with E-state index in [0.717, 1.165) is 16.6 Å². The van der Waals surface area contributed by atoms with Crippen molar-refractivity contribution >= 4 is 16.8 Å². The minimum atomic E-state index is -0.0698. The van der Waals surface area contributed by atoms with E-state index in [1.807, 2.05) is 37.3 Å². The third kappa shape index (κ3) is 3.11. The first-order valence-corrected chi connectivity index (χ1v) is 6.26. The third-order valence-corrected chi connectivity index (χ3v) is 2.80. The molecule has 3 heteroatoms. The summed E-state index contributed by atoms with van der Waals surface area (Å²) >= 11 is 0. The molecule has 0 atom stereocenters. The van der Waals surface area contributed by atoms with Gasteiger partial charge in [0.25, 0.3) is 5.91 Å². The Morgan fingerprint density at radius 2 is 2.16 bits per heavy atom. The molecule has 0 aliphatic rings. The van der Waals surface area contributed by atoms with Gasteiger partial charge < -0.3 is 5.32 Å². The van der Waals surface area contributed by atoms with Crippen molar-refractivity contribution in [2.75, 3.05) is 6.54 Å². The predicted octanol–water partition coefficient (Wildman–Crippen LogP) is 2.69. The highest BCUT2D eigenvalue weighted by Crippen LogP contribution is 2.17. The van der Waals surface area contributed by atoms with Crippen LogP contribution in [0.15, 0.2) is 30.3 Å². The molecule has 96 valence electrons. The van der Waals surface area contributed by atoms with E-state index in [1.165, 1.54) is 0 Å².